The largest absolute Gasteiger partial charge is 0.311 e. The van der Waals surface area contributed by atoms with Gasteiger partial charge in [0, 0.05) is 19.1 Å². The number of allylic oxidation sites excluding steroid dienone is 2. The highest BCUT2D eigenvalue weighted by Crippen LogP contribution is 2.27. The summed E-state index contributed by atoms with van der Waals surface area (Å²) in [6.07, 6.45) is 8.72. The van der Waals surface area contributed by atoms with Gasteiger partial charge in [-0.1, -0.05) is 24.3 Å². The van der Waals surface area contributed by atoms with Crippen molar-refractivity contribution in [3.8, 4) is 0 Å². The lowest BCUT2D eigenvalue weighted by molar-refractivity contribution is 0.611. The summed E-state index contributed by atoms with van der Waals surface area (Å²) in [6.45, 7) is 2.17. The van der Waals surface area contributed by atoms with Crippen molar-refractivity contribution in [2.75, 3.05) is 13.1 Å². The van der Waals surface area contributed by atoms with E-state index in [-0.39, 0.29) is 0 Å². The Morgan fingerprint density at radius 3 is 3.33 bits per heavy atom. The Morgan fingerprint density at radius 2 is 2.33 bits per heavy atom. The maximum absolute atomic E-state index is 3.58. The lowest BCUT2D eigenvalue weighted by Gasteiger charge is -2.13. The summed E-state index contributed by atoms with van der Waals surface area (Å²) in [5, 5.41) is 6.96. The van der Waals surface area contributed by atoms with Crippen LogP contribution in [0.2, 0.25) is 0 Å². The van der Waals surface area contributed by atoms with Crippen LogP contribution in [0.1, 0.15) is 0 Å². The standard InChI is InChI=1S/C10H12N2/c1-2-4-9-7(3-1)8-5-11-6-10(8)12-9/h1-4,9-12H,5-6H2. The molecule has 0 spiro atoms. The molecule has 2 nitrogen and oxygen atoms in total. The zero-order valence-electron chi connectivity index (χ0n) is 6.88. The molecule has 2 aliphatic heterocycles. The average Bonchev–Trinajstić information content (AvgIpc) is 2.62. The van der Waals surface area contributed by atoms with E-state index < -0.39 is 0 Å². The Labute approximate surface area is 72.0 Å². The molecule has 2 atom stereocenters. The first-order chi connectivity index (χ1) is 5.95. The van der Waals surface area contributed by atoms with Crippen molar-refractivity contribution in [2.24, 2.45) is 0 Å². The third-order valence-electron chi connectivity index (χ3n) is 2.86. The van der Waals surface area contributed by atoms with Crippen LogP contribution in [-0.4, -0.2) is 25.2 Å². The van der Waals surface area contributed by atoms with Crippen molar-refractivity contribution in [2.45, 2.75) is 12.1 Å². The van der Waals surface area contributed by atoms with Gasteiger partial charge in [-0.2, -0.15) is 0 Å². The van der Waals surface area contributed by atoms with Crippen LogP contribution >= 0.6 is 0 Å². The number of hydrogen-bond acceptors (Lipinski definition) is 2. The second kappa shape index (κ2) is 2.31. The average molecular weight is 160 g/mol. The van der Waals surface area contributed by atoms with Crippen LogP contribution in [0.5, 0.6) is 0 Å². The van der Waals surface area contributed by atoms with Crippen molar-refractivity contribution in [3.63, 3.8) is 0 Å². The summed E-state index contributed by atoms with van der Waals surface area (Å²) in [7, 11) is 0. The quantitative estimate of drug-likeness (QED) is 0.534. The van der Waals surface area contributed by atoms with E-state index >= 15 is 0 Å². The fourth-order valence-electron chi connectivity index (χ4n) is 2.27. The van der Waals surface area contributed by atoms with E-state index in [4.69, 9.17) is 0 Å². The van der Waals surface area contributed by atoms with Gasteiger partial charge < -0.3 is 5.32 Å². The van der Waals surface area contributed by atoms with Crippen molar-refractivity contribution in [3.05, 3.63) is 35.5 Å². The molecule has 0 aromatic rings. The molecule has 62 valence electrons. The second-order valence-corrected chi connectivity index (χ2v) is 3.55. The molecule has 1 saturated heterocycles. The highest BCUT2D eigenvalue weighted by molar-refractivity contribution is 5.47. The summed E-state index contributed by atoms with van der Waals surface area (Å²) in [4.78, 5) is 0. The van der Waals surface area contributed by atoms with E-state index in [1.54, 1.807) is 5.57 Å². The molecule has 0 bridgehead atoms. The van der Waals surface area contributed by atoms with Crippen molar-refractivity contribution in [1.29, 1.82) is 0 Å². The van der Waals surface area contributed by atoms with Crippen molar-refractivity contribution >= 4 is 0 Å². The van der Waals surface area contributed by atoms with Gasteiger partial charge in [-0.15, -0.1) is 0 Å². The van der Waals surface area contributed by atoms with Crippen molar-refractivity contribution in [1.82, 2.24) is 10.6 Å². The van der Waals surface area contributed by atoms with E-state index in [1.807, 2.05) is 0 Å². The first kappa shape index (κ1) is 6.63. The van der Waals surface area contributed by atoms with Gasteiger partial charge in [0.05, 0.1) is 6.04 Å². The molecule has 0 aromatic carbocycles. The minimum Gasteiger partial charge on any atom is -0.311 e. The maximum Gasteiger partial charge on any atom is 0.0515 e. The predicted molar refractivity (Wildman–Crippen MR) is 48.9 cm³/mol. The van der Waals surface area contributed by atoms with Gasteiger partial charge in [0.25, 0.3) is 0 Å². The Kier molecular flexibility index (Phi) is 1.28. The summed E-state index contributed by atoms with van der Waals surface area (Å²) >= 11 is 0. The second-order valence-electron chi connectivity index (χ2n) is 3.55. The highest BCUT2D eigenvalue weighted by Gasteiger charge is 2.33. The highest BCUT2D eigenvalue weighted by atomic mass is 15.1. The zero-order chi connectivity index (χ0) is 7.97. The van der Waals surface area contributed by atoms with Gasteiger partial charge in [-0.3, -0.25) is 5.32 Å². The van der Waals surface area contributed by atoms with E-state index in [0.717, 1.165) is 13.1 Å². The van der Waals surface area contributed by atoms with Gasteiger partial charge in [0.1, 0.15) is 0 Å². The van der Waals surface area contributed by atoms with Gasteiger partial charge in [0.2, 0.25) is 0 Å². The lowest BCUT2D eigenvalue weighted by atomic mass is 10.0. The van der Waals surface area contributed by atoms with Crippen LogP contribution in [-0.2, 0) is 0 Å². The number of hydrogen-bond donors (Lipinski definition) is 2. The van der Waals surface area contributed by atoms with E-state index in [1.165, 1.54) is 5.57 Å². The predicted octanol–water partition coefficient (Wildman–Crippen LogP) is 0.353. The Balaban J connectivity index is 2.06. The minimum absolute atomic E-state index is 0.497. The smallest absolute Gasteiger partial charge is 0.0515 e. The summed E-state index contributed by atoms with van der Waals surface area (Å²) in [6, 6.07) is 1.09. The molecule has 0 radical (unpaired) electrons. The van der Waals surface area contributed by atoms with Crippen LogP contribution < -0.4 is 10.6 Å². The Morgan fingerprint density at radius 1 is 1.33 bits per heavy atom. The van der Waals surface area contributed by atoms with Gasteiger partial charge in [-0.05, 0) is 11.1 Å². The molecule has 0 saturated carbocycles. The molecule has 2 N–H and O–H groups in total. The number of rotatable bonds is 0. The summed E-state index contributed by atoms with van der Waals surface area (Å²) in [5.74, 6) is 0. The fraction of sp³-hybridized carbons (Fsp3) is 0.400. The van der Waals surface area contributed by atoms with E-state index in [2.05, 4.69) is 34.9 Å². The molecule has 0 aromatic heterocycles. The number of nitrogens with one attached hydrogen (secondary N) is 2. The molecule has 1 fully saturated rings. The molecule has 3 rings (SSSR count). The van der Waals surface area contributed by atoms with Gasteiger partial charge in [0.15, 0.2) is 0 Å². The molecule has 3 aliphatic rings. The minimum atomic E-state index is 0.497. The van der Waals surface area contributed by atoms with Crippen molar-refractivity contribution < 1.29 is 0 Å². The van der Waals surface area contributed by atoms with Crippen LogP contribution in [0.3, 0.4) is 0 Å². The molecular formula is C10H12N2. The molecule has 0 amide bonds. The molecule has 2 heteroatoms. The number of fused-ring (bicyclic) bond motifs is 2. The molecule has 12 heavy (non-hydrogen) atoms. The van der Waals surface area contributed by atoms with Gasteiger partial charge >= 0.3 is 0 Å². The van der Waals surface area contributed by atoms with Gasteiger partial charge in [-0.25, -0.2) is 0 Å². The van der Waals surface area contributed by atoms with Crippen LogP contribution in [0.15, 0.2) is 35.5 Å². The molecule has 2 heterocycles. The zero-order valence-corrected chi connectivity index (χ0v) is 6.88. The molecule has 1 aliphatic carbocycles. The van der Waals surface area contributed by atoms with Crippen LogP contribution in [0.4, 0.5) is 0 Å². The van der Waals surface area contributed by atoms with E-state index in [0.29, 0.717) is 12.1 Å². The van der Waals surface area contributed by atoms with Crippen LogP contribution in [0.25, 0.3) is 0 Å². The third kappa shape index (κ3) is 0.765. The molecular weight excluding hydrogens is 148 g/mol. The first-order valence-electron chi connectivity index (χ1n) is 4.50. The first-order valence-corrected chi connectivity index (χ1v) is 4.50. The third-order valence-corrected chi connectivity index (χ3v) is 2.86. The maximum atomic E-state index is 3.58. The SMILES string of the molecule is C1=CC2=C3CNCC3NC2C=C1. The Hall–Kier alpha value is -0.860. The Bertz CT molecular complexity index is 299. The topological polar surface area (TPSA) is 24.1 Å². The lowest BCUT2D eigenvalue weighted by Crippen LogP contribution is -2.34. The monoisotopic (exact) mass is 160 g/mol. The molecule has 2 unspecified atom stereocenters. The van der Waals surface area contributed by atoms with Crippen LogP contribution in [0, 0.1) is 0 Å². The summed E-state index contributed by atoms with van der Waals surface area (Å²) < 4.78 is 0. The normalized spacial score (nSPS) is 37.3. The summed E-state index contributed by atoms with van der Waals surface area (Å²) in [5.41, 5.74) is 3.06. The van der Waals surface area contributed by atoms with E-state index in [9.17, 15) is 0 Å². The fourth-order valence-corrected chi connectivity index (χ4v) is 2.27.